The maximum absolute atomic E-state index is 14.8. The van der Waals surface area contributed by atoms with Gasteiger partial charge in [0.2, 0.25) is 21.8 Å². The lowest BCUT2D eigenvalue weighted by molar-refractivity contribution is -0.151. The number of ketones is 1. The molecule has 3 saturated carbocycles. The summed E-state index contributed by atoms with van der Waals surface area (Å²) in [5, 5.41) is 1.49. The lowest BCUT2D eigenvalue weighted by atomic mass is 9.85. The fourth-order valence-electron chi connectivity index (χ4n) is 8.89. The van der Waals surface area contributed by atoms with Gasteiger partial charge in [0.05, 0.1) is 47.0 Å². The van der Waals surface area contributed by atoms with Gasteiger partial charge in [-0.2, -0.15) is 0 Å². The molecule has 1 saturated heterocycles. The van der Waals surface area contributed by atoms with Crippen LogP contribution in [0, 0.1) is 30.1 Å². The SMILES string of the molecule is C.Cc1nc2ccc(Cl)cc2c2c1O[C@]1(CC2)C[C@H]2C(=O)C[C@]3(C(=O)NS(=O)(=O)C4(C)CC4)C[C@H]3/C=C\CCCCC[C@H](CC(=O)OCC3CC3)C(=O)N2C1. The summed E-state index contributed by atoms with van der Waals surface area (Å²) in [4.78, 5) is 63.0. The van der Waals surface area contributed by atoms with Crippen LogP contribution >= 0.6 is 11.6 Å². The highest BCUT2D eigenvalue weighted by atomic mass is 35.5. The van der Waals surface area contributed by atoms with Crippen molar-refractivity contribution in [2.45, 2.75) is 134 Å². The third kappa shape index (κ3) is 7.78. The molecule has 1 aromatic carbocycles. The Hall–Kier alpha value is -3.51. The Balaban J connectivity index is 0.00000465. The van der Waals surface area contributed by atoms with Gasteiger partial charge in [0.15, 0.2) is 5.78 Å². The van der Waals surface area contributed by atoms with E-state index in [2.05, 4.69) is 4.72 Å². The van der Waals surface area contributed by atoms with Gasteiger partial charge in [-0.1, -0.05) is 44.0 Å². The molecular formula is C42H54ClN3O8S. The van der Waals surface area contributed by atoms with E-state index < -0.39 is 49.6 Å². The van der Waals surface area contributed by atoms with Crippen LogP contribution < -0.4 is 9.46 Å². The molecule has 4 fully saturated rings. The second kappa shape index (κ2) is 14.8. The number of sulfonamides is 1. The fraction of sp³-hybridized carbons (Fsp3) is 0.643. The number of nitrogens with zero attached hydrogens (tertiary/aromatic N) is 2. The summed E-state index contributed by atoms with van der Waals surface area (Å²) in [6, 6.07) is 4.65. The van der Waals surface area contributed by atoms with Crippen LogP contribution in [0.4, 0.5) is 0 Å². The summed E-state index contributed by atoms with van der Waals surface area (Å²) < 4.78 is 40.3. The molecule has 13 heteroatoms. The minimum absolute atomic E-state index is 0. The Bertz CT molecular complexity index is 2040. The van der Waals surface area contributed by atoms with Crippen LogP contribution in [0.1, 0.15) is 115 Å². The van der Waals surface area contributed by atoms with Gasteiger partial charge in [-0.25, -0.2) is 13.4 Å². The number of pyridine rings is 1. The number of halogens is 1. The summed E-state index contributed by atoms with van der Waals surface area (Å²) in [5.41, 5.74) is 0.349. The second-order valence-electron chi connectivity index (χ2n) is 17.2. The van der Waals surface area contributed by atoms with Crippen molar-refractivity contribution in [1.82, 2.24) is 14.6 Å². The highest BCUT2D eigenvalue weighted by Gasteiger charge is 2.63. The third-order valence-electron chi connectivity index (χ3n) is 13.0. The number of hydrogen-bond donors (Lipinski definition) is 1. The van der Waals surface area contributed by atoms with Crippen molar-refractivity contribution in [3.63, 3.8) is 0 Å². The van der Waals surface area contributed by atoms with Gasteiger partial charge in [0.1, 0.15) is 11.4 Å². The van der Waals surface area contributed by atoms with Crippen molar-refractivity contribution in [2.24, 2.45) is 23.2 Å². The predicted molar refractivity (Wildman–Crippen MR) is 209 cm³/mol. The first kappa shape index (κ1) is 39.7. The lowest BCUT2D eigenvalue weighted by Crippen LogP contribution is -2.48. The van der Waals surface area contributed by atoms with Crippen LogP contribution in [0.2, 0.25) is 5.02 Å². The number of carbonyl (C=O) groups excluding carboxylic acids is 4. The maximum atomic E-state index is 14.8. The minimum Gasteiger partial charge on any atom is -0.483 e. The molecule has 0 radical (unpaired) electrons. The zero-order valence-corrected chi connectivity index (χ0v) is 32.7. The van der Waals surface area contributed by atoms with Gasteiger partial charge in [-0.15, -0.1) is 0 Å². The number of carbonyl (C=O) groups is 4. The average molecular weight is 796 g/mol. The number of fused-ring (bicyclic) bond motifs is 5. The molecule has 2 amide bonds. The largest absolute Gasteiger partial charge is 0.483 e. The molecule has 55 heavy (non-hydrogen) atoms. The normalized spacial score (nSPS) is 30.7. The zero-order valence-electron chi connectivity index (χ0n) is 31.2. The van der Waals surface area contributed by atoms with Gasteiger partial charge < -0.3 is 14.4 Å². The van der Waals surface area contributed by atoms with E-state index in [4.69, 9.17) is 26.1 Å². The van der Waals surface area contributed by atoms with E-state index >= 15 is 0 Å². The lowest BCUT2D eigenvalue weighted by Gasteiger charge is -2.36. The van der Waals surface area contributed by atoms with E-state index in [0.29, 0.717) is 67.5 Å². The Morgan fingerprint density at radius 2 is 1.87 bits per heavy atom. The standard InChI is InChI=1S/C41H50ClN3O8S.CH4/c1-25-36-30(31-19-29(42)12-13-32(31)43-25)14-15-40(53-36)21-33-34(46)22-41(38(49)44-54(50,51)39(2)16-17-39)20-28(41)9-7-5-3-4-6-8-27(37(48)45(33)24-40)18-35(47)52-23-26-10-11-26;/h7,9,12-13,19,26-28,33H,3-6,8,10-11,14-18,20-24H2,1-2H3,(H,44,49);1H4/b9-7-;/t27-,28-,33+,40-,41-;/m1./s1. The Morgan fingerprint density at radius 3 is 2.62 bits per heavy atom. The van der Waals surface area contributed by atoms with E-state index in [1.165, 1.54) is 0 Å². The molecular weight excluding hydrogens is 742 g/mol. The molecule has 11 nitrogen and oxygen atoms in total. The van der Waals surface area contributed by atoms with Gasteiger partial charge in [0, 0.05) is 34.7 Å². The van der Waals surface area contributed by atoms with Crippen molar-refractivity contribution in [1.29, 1.82) is 0 Å². The molecule has 0 unspecified atom stereocenters. The number of esters is 1. The molecule has 1 spiro atoms. The summed E-state index contributed by atoms with van der Waals surface area (Å²) in [6.45, 7) is 4.01. The summed E-state index contributed by atoms with van der Waals surface area (Å²) in [6.07, 6.45) is 12.1. The van der Waals surface area contributed by atoms with E-state index in [0.717, 1.165) is 55.0 Å². The van der Waals surface area contributed by atoms with E-state index in [9.17, 15) is 27.6 Å². The first-order chi connectivity index (χ1) is 25.7. The molecule has 5 atom stereocenters. The van der Waals surface area contributed by atoms with Gasteiger partial charge >= 0.3 is 5.97 Å². The highest BCUT2D eigenvalue weighted by molar-refractivity contribution is 7.91. The van der Waals surface area contributed by atoms with Crippen molar-refractivity contribution < 1.29 is 37.1 Å². The van der Waals surface area contributed by atoms with Crippen LogP contribution in [-0.2, 0) is 40.4 Å². The summed E-state index contributed by atoms with van der Waals surface area (Å²) in [7, 11) is -3.93. The van der Waals surface area contributed by atoms with Crippen LogP contribution in [0.3, 0.4) is 0 Å². The topological polar surface area (TPSA) is 149 Å². The molecule has 298 valence electrons. The molecule has 2 aromatic rings. The number of ether oxygens (including phenoxy) is 2. The first-order valence-corrected chi connectivity index (χ1v) is 21.6. The molecule has 6 aliphatic rings. The number of benzene rings is 1. The molecule has 0 bridgehead atoms. The predicted octanol–water partition coefficient (Wildman–Crippen LogP) is 6.94. The van der Waals surface area contributed by atoms with Gasteiger partial charge in [-0.05, 0) is 108 Å². The Labute approximate surface area is 329 Å². The average Bonchev–Trinajstić information content (AvgIpc) is 4.07. The van der Waals surface area contributed by atoms with Crippen LogP contribution in [0.15, 0.2) is 30.4 Å². The Kier molecular flexibility index (Phi) is 10.7. The van der Waals surface area contributed by atoms with Crippen molar-refractivity contribution in [2.75, 3.05) is 13.2 Å². The zero-order chi connectivity index (χ0) is 38.0. The number of amides is 2. The van der Waals surface area contributed by atoms with E-state index in [-0.39, 0.29) is 50.8 Å². The highest BCUT2D eigenvalue weighted by Crippen LogP contribution is 2.58. The second-order valence-corrected chi connectivity index (χ2v) is 19.9. The third-order valence-corrected chi connectivity index (χ3v) is 15.4. The molecule has 3 aliphatic heterocycles. The smallest absolute Gasteiger partial charge is 0.306 e. The number of rotatable bonds is 7. The quantitative estimate of drug-likeness (QED) is 0.232. The monoisotopic (exact) mass is 795 g/mol. The first-order valence-electron chi connectivity index (χ1n) is 19.7. The summed E-state index contributed by atoms with van der Waals surface area (Å²) >= 11 is 6.39. The van der Waals surface area contributed by atoms with E-state index in [1.807, 2.05) is 31.2 Å². The number of aromatic nitrogens is 1. The number of hydrogen-bond acceptors (Lipinski definition) is 9. The molecule has 4 heterocycles. The number of nitrogens with one attached hydrogen (secondary N) is 1. The van der Waals surface area contributed by atoms with Gasteiger partial charge in [-0.3, -0.25) is 23.9 Å². The van der Waals surface area contributed by atoms with Crippen LogP contribution in [0.5, 0.6) is 5.75 Å². The number of aryl methyl sites for hydroxylation is 2. The fourth-order valence-corrected chi connectivity index (χ4v) is 10.4. The maximum Gasteiger partial charge on any atom is 0.306 e. The number of allylic oxidation sites excluding steroid dienone is 2. The molecule has 3 aliphatic carbocycles. The van der Waals surface area contributed by atoms with Crippen molar-refractivity contribution in [3.8, 4) is 5.75 Å². The number of Topliss-reactive ketones (excluding diaryl/α,β-unsaturated/α-hetero) is 1. The van der Waals surface area contributed by atoms with Crippen molar-refractivity contribution >= 4 is 56.1 Å². The van der Waals surface area contributed by atoms with Crippen molar-refractivity contribution in [3.05, 3.63) is 46.6 Å². The van der Waals surface area contributed by atoms with Gasteiger partial charge in [0.25, 0.3) is 0 Å². The summed E-state index contributed by atoms with van der Waals surface area (Å²) in [5.74, 6) is -1.61. The van der Waals surface area contributed by atoms with Crippen LogP contribution in [-0.4, -0.2) is 71.4 Å². The van der Waals surface area contributed by atoms with Crippen LogP contribution in [0.25, 0.3) is 10.9 Å². The Morgan fingerprint density at radius 1 is 1.09 bits per heavy atom. The van der Waals surface area contributed by atoms with E-state index in [1.54, 1.807) is 17.9 Å². The molecule has 8 rings (SSSR count). The molecule has 1 aromatic heterocycles. The minimum atomic E-state index is -3.93. The molecule has 1 N–H and O–H groups in total.